The van der Waals surface area contributed by atoms with E-state index in [0.29, 0.717) is 6.61 Å². The highest BCUT2D eigenvalue weighted by atomic mass is 28.4. The minimum Gasteiger partial charge on any atom is -0.405 e. The monoisotopic (exact) mass is 354 g/mol. The van der Waals surface area contributed by atoms with Crippen molar-refractivity contribution in [3.05, 3.63) is 73.3 Å². The first-order valence-corrected chi connectivity index (χ1v) is 10.8. The summed E-state index contributed by atoms with van der Waals surface area (Å²) in [5, 5.41) is 12.8. The normalized spacial score (nSPS) is 14.8. The van der Waals surface area contributed by atoms with Crippen LogP contribution in [0.3, 0.4) is 0 Å². The number of aliphatic hydroxyl groups excluding tert-OH is 1. The lowest BCUT2D eigenvalue weighted by Crippen LogP contribution is -2.67. The SMILES string of the molecule is C=C[C@@H](C)[C@@H](O)CO[Si](c1ccccc1)(c1ccccc1)C(C)(C)C. The Balaban J connectivity index is 2.55. The van der Waals surface area contributed by atoms with Crippen molar-refractivity contribution >= 4 is 18.7 Å². The zero-order chi connectivity index (χ0) is 18.5. The molecule has 0 saturated heterocycles. The predicted molar refractivity (Wildman–Crippen MR) is 109 cm³/mol. The Morgan fingerprint density at radius 2 is 1.44 bits per heavy atom. The first-order valence-electron chi connectivity index (χ1n) is 8.88. The highest BCUT2D eigenvalue weighted by Crippen LogP contribution is 2.36. The summed E-state index contributed by atoms with van der Waals surface area (Å²) in [5.74, 6) is -0.00165. The van der Waals surface area contributed by atoms with E-state index in [1.54, 1.807) is 6.08 Å². The highest BCUT2D eigenvalue weighted by Gasteiger charge is 2.50. The average molecular weight is 355 g/mol. The van der Waals surface area contributed by atoms with Crippen LogP contribution in [-0.2, 0) is 4.43 Å². The molecule has 2 rings (SSSR count). The topological polar surface area (TPSA) is 29.5 Å². The zero-order valence-corrected chi connectivity index (χ0v) is 16.8. The van der Waals surface area contributed by atoms with Gasteiger partial charge in [-0.05, 0) is 15.4 Å². The van der Waals surface area contributed by atoms with Crippen LogP contribution >= 0.6 is 0 Å². The Labute approximate surface area is 153 Å². The second-order valence-corrected chi connectivity index (χ2v) is 11.9. The van der Waals surface area contributed by atoms with Gasteiger partial charge in [0.25, 0.3) is 8.32 Å². The maximum absolute atomic E-state index is 10.5. The maximum atomic E-state index is 10.5. The van der Waals surface area contributed by atoms with E-state index >= 15 is 0 Å². The molecule has 0 heterocycles. The van der Waals surface area contributed by atoms with Gasteiger partial charge in [-0.1, -0.05) is 94.4 Å². The summed E-state index contributed by atoms with van der Waals surface area (Å²) in [6.45, 7) is 12.8. The summed E-state index contributed by atoms with van der Waals surface area (Å²) in [6.07, 6.45) is 1.22. The molecule has 25 heavy (non-hydrogen) atoms. The van der Waals surface area contributed by atoms with Crippen LogP contribution in [0.4, 0.5) is 0 Å². The fourth-order valence-electron chi connectivity index (χ4n) is 3.28. The number of aliphatic hydroxyl groups is 1. The Kier molecular flexibility index (Phi) is 6.39. The molecule has 2 atom stereocenters. The molecule has 0 bridgehead atoms. The Morgan fingerprint density at radius 1 is 1.00 bits per heavy atom. The number of hydrogen-bond donors (Lipinski definition) is 1. The standard InChI is InChI=1S/C22H30O2Si/c1-6-18(2)21(23)17-24-25(22(3,4)5,19-13-9-7-10-14-19)20-15-11-8-12-16-20/h6-16,18,21,23H,1,17H2,2-5H3/t18-,21+/m1/s1. The van der Waals surface area contributed by atoms with E-state index in [1.807, 2.05) is 19.1 Å². The summed E-state index contributed by atoms with van der Waals surface area (Å²) in [6, 6.07) is 21.0. The molecule has 2 aromatic carbocycles. The van der Waals surface area contributed by atoms with Gasteiger partial charge in [-0.2, -0.15) is 0 Å². The molecule has 0 aliphatic rings. The summed E-state index contributed by atoms with van der Waals surface area (Å²) in [7, 11) is -2.57. The third kappa shape index (κ3) is 4.11. The van der Waals surface area contributed by atoms with Crippen molar-refractivity contribution in [1.29, 1.82) is 0 Å². The van der Waals surface area contributed by atoms with Gasteiger partial charge in [0.2, 0.25) is 0 Å². The fraction of sp³-hybridized carbons (Fsp3) is 0.364. The summed E-state index contributed by atoms with van der Waals surface area (Å²) in [5.41, 5.74) is 0. The summed E-state index contributed by atoms with van der Waals surface area (Å²) in [4.78, 5) is 0. The minimum atomic E-state index is -2.57. The first kappa shape index (κ1) is 19.6. The van der Waals surface area contributed by atoms with Gasteiger partial charge in [0, 0.05) is 5.92 Å². The van der Waals surface area contributed by atoms with Crippen LogP contribution in [0.25, 0.3) is 0 Å². The Bertz CT molecular complexity index is 622. The van der Waals surface area contributed by atoms with Crippen LogP contribution in [0.1, 0.15) is 27.7 Å². The van der Waals surface area contributed by atoms with E-state index in [-0.39, 0.29) is 11.0 Å². The van der Waals surface area contributed by atoms with Crippen molar-refractivity contribution in [2.75, 3.05) is 6.61 Å². The zero-order valence-electron chi connectivity index (χ0n) is 15.8. The van der Waals surface area contributed by atoms with Crippen LogP contribution in [0.15, 0.2) is 73.3 Å². The van der Waals surface area contributed by atoms with Gasteiger partial charge >= 0.3 is 0 Å². The molecule has 0 unspecified atom stereocenters. The molecule has 0 radical (unpaired) electrons. The van der Waals surface area contributed by atoms with Crippen molar-refractivity contribution in [3.8, 4) is 0 Å². The molecule has 0 aliphatic heterocycles. The largest absolute Gasteiger partial charge is 0.405 e. The minimum absolute atomic E-state index is 0.00165. The Morgan fingerprint density at radius 3 is 1.80 bits per heavy atom. The third-order valence-electron chi connectivity index (χ3n) is 4.87. The second-order valence-electron chi connectivity index (χ2n) is 7.64. The molecule has 134 valence electrons. The van der Waals surface area contributed by atoms with Crippen molar-refractivity contribution < 1.29 is 9.53 Å². The molecule has 2 nitrogen and oxygen atoms in total. The van der Waals surface area contributed by atoms with Gasteiger partial charge in [0.15, 0.2) is 0 Å². The smallest absolute Gasteiger partial charge is 0.261 e. The molecular formula is C22H30O2Si. The predicted octanol–water partition coefficient (Wildman–Crippen LogP) is 3.75. The van der Waals surface area contributed by atoms with Crippen molar-refractivity contribution in [1.82, 2.24) is 0 Å². The van der Waals surface area contributed by atoms with Gasteiger partial charge < -0.3 is 9.53 Å². The lowest BCUT2D eigenvalue weighted by molar-refractivity contribution is 0.0751. The van der Waals surface area contributed by atoms with Crippen LogP contribution in [0, 0.1) is 5.92 Å². The van der Waals surface area contributed by atoms with Crippen LogP contribution in [-0.4, -0.2) is 26.1 Å². The average Bonchev–Trinajstić information content (AvgIpc) is 2.62. The van der Waals surface area contributed by atoms with E-state index in [0.717, 1.165) is 0 Å². The van der Waals surface area contributed by atoms with Crippen molar-refractivity contribution in [2.24, 2.45) is 5.92 Å². The fourth-order valence-corrected chi connectivity index (χ4v) is 7.86. The summed E-state index contributed by atoms with van der Waals surface area (Å²) >= 11 is 0. The molecule has 1 N–H and O–H groups in total. The molecular weight excluding hydrogens is 324 g/mol. The lowest BCUT2D eigenvalue weighted by atomic mass is 10.1. The van der Waals surface area contributed by atoms with Crippen molar-refractivity contribution in [3.63, 3.8) is 0 Å². The molecule has 0 aliphatic carbocycles. The molecule has 0 amide bonds. The molecule has 2 aromatic rings. The van der Waals surface area contributed by atoms with E-state index in [4.69, 9.17) is 4.43 Å². The number of benzene rings is 2. The van der Waals surface area contributed by atoms with Crippen LogP contribution < -0.4 is 10.4 Å². The quantitative estimate of drug-likeness (QED) is 0.606. The molecule has 0 aromatic heterocycles. The van der Waals surface area contributed by atoms with E-state index in [9.17, 15) is 5.11 Å². The number of rotatable bonds is 7. The summed E-state index contributed by atoms with van der Waals surface area (Å²) < 4.78 is 6.69. The van der Waals surface area contributed by atoms with E-state index in [1.165, 1.54) is 10.4 Å². The molecule has 0 saturated carbocycles. The second kappa shape index (κ2) is 8.13. The van der Waals surface area contributed by atoms with E-state index in [2.05, 4.69) is 75.9 Å². The van der Waals surface area contributed by atoms with Gasteiger partial charge in [-0.3, -0.25) is 0 Å². The van der Waals surface area contributed by atoms with Crippen LogP contribution in [0.5, 0.6) is 0 Å². The molecule has 0 fully saturated rings. The Hall–Kier alpha value is -1.68. The molecule has 0 spiro atoms. The van der Waals surface area contributed by atoms with Crippen LogP contribution in [0.2, 0.25) is 5.04 Å². The van der Waals surface area contributed by atoms with Crippen molar-refractivity contribution in [2.45, 2.75) is 38.8 Å². The lowest BCUT2D eigenvalue weighted by Gasteiger charge is -2.43. The van der Waals surface area contributed by atoms with E-state index < -0.39 is 14.4 Å². The maximum Gasteiger partial charge on any atom is 0.261 e. The third-order valence-corrected chi connectivity index (χ3v) is 9.87. The highest BCUT2D eigenvalue weighted by molar-refractivity contribution is 6.99. The van der Waals surface area contributed by atoms with Gasteiger partial charge in [0.1, 0.15) is 0 Å². The molecule has 3 heteroatoms. The van der Waals surface area contributed by atoms with Gasteiger partial charge in [-0.15, -0.1) is 6.58 Å². The van der Waals surface area contributed by atoms with Gasteiger partial charge in [-0.25, -0.2) is 0 Å². The number of hydrogen-bond acceptors (Lipinski definition) is 2. The van der Waals surface area contributed by atoms with Gasteiger partial charge in [0.05, 0.1) is 12.7 Å². The first-order chi connectivity index (χ1) is 11.8.